The molecule has 0 spiro atoms. The van der Waals surface area contributed by atoms with Crippen molar-refractivity contribution in [2.24, 2.45) is 0 Å². The third-order valence-corrected chi connectivity index (χ3v) is 2.42. The van der Waals surface area contributed by atoms with Crippen LogP contribution >= 0.6 is 0 Å². The second-order valence-corrected chi connectivity index (χ2v) is 4.04. The van der Waals surface area contributed by atoms with Crippen LogP contribution in [0.1, 0.15) is 0 Å². The van der Waals surface area contributed by atoms with Crippen molar-refractivity contribution in [1.82, 2.24) is 9.97 Å². The molecule has 0 atom stereocenters. The van der Waals surface area contributed by atoms with E-state index < -0.39 is 15.1 Å². The van der Waals surface area contributed by atoms with Crippen LogP contribution in [0.15, 0.2) is 35.5 Å². The maximum atomic E-state index is 10.7. The molecule has 0 radical (unpaired) electrons. The van der Waals surface area contributed by atoms with Gasteiger partial charge in [0.25, 0.3) is 0 Å². The van der Waals surface area contributed by atoms with Gasteiger partial charge in [0.15, 0.2) is 0 Å². The van der Waals surface area contributed by atoms with Crippen LogP contribution in [0.3, 0.4) is 0 Å². The van der Waals surface area contributed by atoms with Gasteiger partial charge in [-0.05, 0) is 12.1 Å². The maximum absolute atomic E-state index is 10.7. The quantitative estimate of drug-likeness (QED) is 0.564. The van der Waals surface area contributed by atoms with Crippen molar-refractivity contribution in [2.75, 3.05) is 0 Å². The Bertz CT molecular complexity index is 585. The normalized spacial score (nSPS) is 11.0. The summed E-state index contributed by atoms with van der Waals surface area (Å²) in [6, 6.07) is 6.81. The van der Waals surface area contributed by atoms with E-state index in [4.69, 9.17) is 4.55 Å². The van der Waals surface area contributed by atoms with Gasteiger partial charge in [0, 0.05) is 0 Å². The van der Waals surface area contributed by atoms with Gasteiger partial charge in [-0.3, -0.25) is 9.54 Å². The van der Waals surface area contributed by atoms with Crippen molar-refractivity contribution in [1.29, 1.82) is 0 Å². The fraction of sp³-hybridized carbons (Fsp3) is 0. The fourth-order valence-electron chi connectivity index (χ4n) is 1.06. The van der Waals surface area contributed by atoms with E-state index in [0.717, 1.165) is 6.20 Å². The Morgan fingerprint density at radius 1 is 1.13 bits per heavy atom. The van der Waals surface area contributed by atoms with Gasteiger partial charge in [0.2, 0.25) is 5.03 Å². The number of hydrogen-bond donors (Lipinski definition) is 1. The van der Waals surface area contributed by atoms with Gasteiger partial charge >= 0.3 is 39.7 Å². The molecule has 1 aromatic heterocycles. The van der Waals surface area contributed by atoms with Gasteiger partial charge in [-0.15, -0.1) is 0 Å². The van der Waals surface area contributed by atoms with E-state index in [1.54, 1.807) is 24.3 Å². The first-order chi connectivity index (χ1) is 6.57. The first-order valence-electron chi connectivity index (χ1n) is 3.77. The molecule has 0 saturated carbocycles. The number of hydrogen-bond acceptors (Lipinski definition) is 4. The minimum absolute atomic E-state index is 0. The van der Waals surface area contributed by atoms with Crippen LogP contribution in [-0.2, 0) is 10.1 Å². The molecule has 0 saturated heterocycles. The van der Waals surface area contributed by atoms with E-state index in [1.807, 2.05) is 0 Å². The van der Waals surface area contributed by atoms with Gasteiger partial charge in [-0.25, -0.2) is 4.98 Å². The predicted octanol–water partition coefficient (Wildman–Crippen LogP) is 0.228. The van der Waals surface area contributed by atoms with Gasteiger partial charge in [-0.2, -0.15) is 8.42 Å². The summed E-state index contributed by atoms with van der Waals surface area (Å²) in [4.78, 5) is 7.59. The zero-order valence-electron chi connectivity index (χ0n) is 6.95. The molecule has 7 heteroatoms. The molecular formula is C8H7N2NaO3S. The van der Waals surface area contributed by atoms with E-state index in [0.29, 0.717) is 11.0 Å². The third-order valence-electron chi connectivity index (χ3n) is 1.69. The summed E-state index contributed by atoms with van der Waals surface area (Å²) < 4.78 is 30.2. The topological polar surface area (TPSA) is 80.2 Å². The van der Waals surface area contributed by atoms with Crippen molar-refractivity contribution in [3.05, 3.63) is 30.5 Å². The van der Waals surface area contributed by atoms with Crippen molar-refractivity contribution in [3.63, 3.8) is 0 Å². The number of benzene rings is 1. The number of fused-ring (bicyclic) bond motifs is 1. The van der Waals surface area contributed by atoms with Gasteiger partial charge < -0.3 is 0 Å². The molecule has 74 valence electrons. The van der Waals surface area contributed by atoms with Crippen molar-refractivity contribution < 1.29 is 13.0 Å². The molecule has 15 heavy (non-hydrogen) atoms. The van der Waals surface area contributed by atoms with Crippen LogP contribution < -0.4 is 0 Å². The number of rotatable bonds is 1. The van der Waals surface area contributed by atoms with Crippen molar-refractivity contribution in [3.8, 4) is 0 Å². The minimum atomic E-state index is -4.27. The van der Waals surface area contributed by atoms with E-state index in [2.05, 4.69) is 9.97 Å². The molecule has 1 aromatic carbocycles. The summed E-state index contributed by atoms with van der Waals surface area (Å²) in [7, 11) is -4.27. The Hall–Kier alpha value is -0.530. The summed E-state index contributed by atoms with van der Waals surface area (Å²) >= 11 is 0. The van der Waals surface area contributed by atoms with Crippen molar-refractivity contribution >= 4 is 50.7 Å². The molecule has 2 aromatic rings. The molecular weight excluding hydrogens is 227 g/mol. The molecule has 0 aliphatic heterocycles. The molecule has 0 aliphatic rings. The molecule has 1 N–H and O–H groups in total. The SMILES string of the molecule is O=S(=O)(O)c1cnc2ccccc2n1.[NaH]. The average molecular weight is 234 g/mol. The van der Waals surface area contributed by atoms with E-state index in [9.17, 15) is 8.42 Å². The molecule has 1 heterocycles. The zero-order chi connectivity index (χ0) is 10.2. The second-order valence-electron chi connectivity index (χ2n) is 2.67. The van der Waals surface area contributed by atoms with Gasteiger partial charge in [-0.1, -0.05) is 12.1 Å². The van der Waals surface area contributed by atoms with E-state index in [-0.39, 0.29) is 29.6 Å². The van der Waals surface area contributed by atoms with Crippen molar-refractivity contribution in [2.45, 2.75) is 5.03 Å². The van der Waals surface area contributed by atoms with E-state index in [1.165, 1.54) is 0 Å². The fourth-order valence-corrected chi connectivity index (χ4v) is 1.46. The summed E-state index contributed by atoms with van der Waals surface area (Å²) in [6.45, 7) is 0. The summed E-state index contributed by atoms with van der Waals surface area (Å²) in [5.41, 5.74) is 1.02. The summed E-state index contributed by atoms with van der Waals surface area (Å²) in [5.74, 6) is 0. The Balaban J connectivity index is 0.00000112. The molecule has 0 fully saturated rings. The van der Waals surface area contributed by atoms with Gasteiger partial charge in [0.05, 0.1) is 17.2 Å². The molecule has 5 nitrogen and oxygen atoms in total. The summed E-state index contributed by atoms with van der Waals surface area (Å²) in [5, 5.41) is -0.434. The Morgan fingerprint density at radius 3 is 2.33 bits per heavy atom. The zero-order valence-corrected chi connectivity index (χ0v) is 7.77. The van der Waals surface area contributed by atoms with Crippen LogP contribution in [0.25, 0.3) is 11.0 Å². The van der Waals surface area contributed by atoms with Gasteiger partial charge in [0.1, 0.15) is 0 Å². The van der Waals surface area contributed by atoms with E-state index >= 15 is 0 Å². The standard InChI is InChI=1S/C8H6N2O3S.Na.H/c11-14(12,13)8-5-9-6-3-1-2-4-7(6)10-8;;/h1-5H,(H,11,12,13);;. The number of aromatic nitrogens is 2. The molecule has 0 aliphatic carbocycles. The predicted molar refractivity (Wildman–Crippen MR) is 56.5 cm³/mol. The second kappa shape index (κ2) is 4.54. The number of para-hydroxylation sites is 2. The molecule has 0 amide bonds. The average Bonchev–Trinajstić information content (AvgIpc) is 2.16. The third kappa shape index (κ3) is 2.73. The van der Waals surface area contributed by atoms with Crippen LogP contribution in [0.4, 0.5) is 0 Å². The molecule has 0 unspecified atom stereocenters. The van der Waals surface area contributed by atoms with Crippen LogP contribution in [0.2, 0.25) is 0 Å². The monoisotopic (exact) mass is 234 g/mol. The molecule has 2 rings (SSSR count). The van der Waals surface area contributed by atoms with Crippen LogP contribution in [0.5, 0.6) is 0 Å². The van der Waals surface area contributed by atoms with Crippen LogP contribution in [0, 0.1) is 0 Å². The Kier molecular flexibility index (Phi) is 3.80. The molecule has 0 bridgehead atoms. The number of nitrogens with zero attached hydrogens (tertiary/aromatic N) is 2. The van der Waals surface area contributed by atoms with Crippen LogP contribution in [-0.4, -0.2) is 52.5 Å². The first-order valence-corrected chi connectivity index (χ1v) is 5.21. The summed E-state index contributed by atoms with van der Waals surface area (Å²) in [6.07, 6.45) is 1.03. The first kappa shape index (κ1) is 12.5. The Morgan fingerprint density at radius 2 is 1.73 bits per heavy atom. The Labute approximate surface area is 109 Å².